The fraction of sp³-hybridized carbons (Fsp3) is 0.375. The maximum Gasteiger partial charge on any atom is 0.316 e. The van der Waals surface area contributed by atoms with E-state index in [-0.39, 0.29) is 11.7 Å². The SMILES string of the molecule is COc1cccc(-n2ccnc2SCC(=O)OC(C)(C)C)c1. The fourth-order valence-corrected chi connectivity index (χ4v) is 2.59. The molecule has 2 aromatic rings. The van der Waals surface area contributed by atoms with Crippen LogP contribution in [-0.2, 0) is 9.53 Å². The molecule has 0 radical (unpaired) electrons. The number of nitrogens with zero attached hydrogens (tertiary/aromatic N) is 2. The van der Waals surface area contributed by atoms with E-state index in [0.29, 0.717) is 0 Å². The number of hydrogen-bond donors (Lipinski definition) is 0. The van der Waals surface area contributed by atoms with Gasteiger partial charge in [-0.15, -0.1) is 0 Å². The van der Waals surface area contributed by atoms with E-state index >= 15 is 0 Å². The zero-order valence-electron chi connectivity index (χ0n) is 13.2. The van der Waals surface area contributed by atoms with Crippen LogP contribution in [0.25, 0.3) is 5.69 Å². The van der Waals surface area contributed by atoms with E-state index in [1.54, 1.807) is 13.3 Å². The Labute approximate surface area is 134 Å². The van der Waals surface area contributed by atoms with Gasteiger partial charge in [-0.1, -0.05) is 17.8 Å². The predicted octanol–water partition coefficient (Wildman–Crippen LogP) is 3.31. The van der Waals surface area contributed by atoms with Crippen LogP contribution in [0, 0.1) is 0 Å². The zero-order valence-corrected chi connectivity index (χ0v) is 14.0. The van der Waals surface area contributed by atoms with E-state index in [9.17, 15) is 4.79 Å². The third-order valence-electron chi connectivity index (χ3n) is 2.68. The number of ether oxygens (including phenoxy) is 2. The van der Waals surface area contributed by atoms with E-state index in [0.717, 1.165) is 16.6 Å². The molecule has 118 valence electrons. The standard InChI is InChI=1S/C16H20N2O3S/c1-16(2,3)21-14(19)11-22-15-17-8-9-18(15)12-6-5-7-13(10-12)20-4/h5-10H,11H2,1-4H3. The van der Waals surface area contributed by atoms with Gasteiger partial charge in [-0.2, -0.15) is 0 Å². The topological polar surface area (TPSA) is 53.4 Å². The lowest BCUT2D eigenvalue weighted by molar-refractivity contribution is -0.151. The highest BCUT2D eigenvalue weighted by molar-refractivity contribution is 7.99. The highest BCUT2D eigenvalue weighted by atomic mass is 32.2. The first-order valence-corrected chi connectivity index (χ1v) is 7.90. The molecule has 0 saturated carbocycles. The Hall–Kier alpha value is -1.95. The normalized spacial score (nSPS) is 11.3. The molecule has 0 amide bonds. The van der Waals surface area contributed by atoms with Gasteiger partial charge in [0, 0.05) is 18.5 Å². The smallest absolute Gasteiger partial charge is 0.316 e. The van der Waals surface area contributed by atoms with Crippen molar-refractivity contribution in [2.75, 3.05) is 12.9 Å². The molecule has 1 aromatic carbocycles. The van der Waals surface area contributed by atoms with Crippen molar-refractivity contribution >= 4 is 17.7 Å². The van der Waals surface area contributed by atoms with Gasteiger partial charge in [0.05, 0.1) is 18.6 Å². The van der Waals surface area contributed by atoms with Crippen LogP contribution in [0.3, 0.4) is 0 Å². The molecule has 0 N–H and O–H groups in total. The summed E-state index contributed by atoms with van der Waals surface area (Å²) in [5, 5.41) is 0.735. The number of aromatic nitrogens is 2. The molecule has 6 heteroatoms. The van der Waals surface area contributed by atoms with Crippen molar-refractivity contribution in [1.29, 1.82) is 0 Å². The lowest BCUT2D eigenvalue weighted by Gasteiger charge is -2.19. The molecule has 1 heterocycles. The molecular formula is C16H20N2O3S. The lowest BCUT2D eigenvalue weighted by atomic mass is 10.2. The Morgan fingerprint density at radius 3 is 2.82 bits per heavy atom. The third-order valence-corrected chi connectivity index (χ3v) is 3.62. The first-order chi connectivity index (χ1) is 10.4. The number of esters is 1. The van der Waals surface area contributed by atoms with Crippen LogP contribution in [-0.4, -0.2) is 34.0 Å². The van der Waals surface area contributed by atoms with Crippen molar-refractivity contribution in [3.8, 4) is 11.4 Å². The molecule has 0 aliphatic rings. The summed E-state index contributed by atoms with van der Waals surface area (Å²) in [7, 11) is 1.63. The summed E-state index contributed by atoms with van der Waals surface area (Å²) in [6.07, 6.45) is 3.56. The molecule has 0 aliphatic carbocycles. The molecule has 0 fully saturated rings. The van der Waals surface area contributed by atoms with E-state index < -0.39 is 5.60 Å². The first-order valence-electron chi connectivity index (χ1n) is 6.91. The second-order valence-corrected chi connectivity index (χ2v) is 6.60. The van der Waals surface area contributed by atoms with Crippen molar-refractivity contribution in [3.05, 3.63) is 36.7 Å². The van der Waals surface area contributed by atoms with Gasteiger partial charge in [-0.3, -0.25) is 9.36 Å². The lowest BCUT2D eigenvalue weighted by Crippen LogP contribution is -2.25. The van der Waals surface area contributed by atoms with Crippen molar-refractivity contribution in [2.24, 2.45) is 0 Å². The summed E-state index contributed by atoms with van der Waals surface area (Å²) in [6.45, 7) is 5.56. The second-order valence-electron chi connectivity index (χ2n) is 5.66. The Bertz CT molecular complexity index is 647. The Morgan fingerprint density at radius 2 is 2.14 bits per heavy atom. The Kier molecular flexibility index (Phi) is 5.13. The molecule has 5 nitrogen and oxygen atoms in total. The number of methoxy groups -OCH3 is 1. The number of thioether (sulfide) groups is 1. The van der Waals surface area contributed by atoms with Crippen LogP contribution in [0.4, 0.5) is 0 Å². The van der Waals surface area contributed by atoms with Crippen molar-refractivity contribution in [3.63, 3.8) is 0 Å². The van der Waals surface area contributed by atoms with E-state index in [1.807, 2.05) is 55.8 Å². The highest BCUT2D eigenvalue weighted by Crippen LogP contribution is 2.23. The van der Waals surface area contributed by atoms with Crippen LogP contribution < -0.4 is 4.74 Å². The minimum absolute atomic E-state index is 0.220. The van der Waals surface area contributed by atoms with Gasteiger partial charge in [0.25, 0.3) is 0 Å². The average molecular weight is 320 g/mol. The summed E-state index contributed by atoms with van der Waals surface area (Å²) in [5.41, 5.74) is 0.461. The average Bonchev–Trinajstić information content (AvgIpc) is 2.92. The van der Waals surface area contributed by atoms with E-state index in [1.165, 1.54) is 11.8 Å². The monoisotopic (exact) mass is 320 g/mol. The van der Waals surface area contributed by atoms with Gasteiger partial charge in [0.1, 0.15) is 11.4 Å². The first kappa shape index (κ1) is 16.4. The van der Waals surface area contributed by atoms with Gasteiger partial charge in [0.2, 0.25) is 0 Å². The summed E-state index contributed by atoms with van der Waals surface area (Å²) in [6, 6.07) is 7.67. The molecule has 0 saturated heterocycles. The second kappa shape index (κ2) is 6.87. The molecule has 0 aliphatic heterocycles. The van der Waals surface area contributed by atoms with Crippen LogP contribution >= 0.6 is 11.8 Å². The molecule has 0 spiro atoms. The Balaban J connectivity index is 2.08. The summed E-state index contributed by atoms with van der Waals surface area (Å²) in [4.78, 5) is 16.1. The van der Waals surface area contributed by atoms with Crippen LogP contribution in [0.15, 0.2) is 41.8 Å². The summed E-state index contributed by atoms with van der Waals surface area (Å²) < 4.78 is 12.4. The summed E-state index contributed by atoms with van der Waals surface area (Å²) >= 11 is 1.35. The number of imidazole rings is 1. The van der Waals surface area contributed by atoms with Gasteiger partial charge in [0.15, 0.2) is 5.16 Å². The largest absolute Gasteiger partial charge is 0.497 e. The molecule has 0 bridgehead atoms. The quantitative estimate of drug-likeness (QED) is 0.625. The van der Waals surface area contributed by atoms with Gasteiger partial charge in [-0.05, 0) is 32.9 Å². The van der Waals surface area contributed by atoms with Crippen LogP contribution in [0.1, 0.15) is 20.8 Å². The van der Waals surface area contributed by atoms with E-state index in [2.05, 4.69) is 4.98 Å². The van der Waals surface area contributed by atoms with Crippen molar-refractivity contribution in [2.45, 2.75) is 31.5 Å². The van der Waals surface area contributed by atoms with Crippen LogP contribution in [0.2, 0.25) is 0 Å². The predicted molar refractivity (Wildman–Crippen MR) is 86.7 cm³/mol. The number of hydrogen-bond acceptors (Lipinski definition) is 5. The summed E-state index contributed by atoms with van der Waals surface area (Å²) in [5.74, 6) is 0.741. The minimum Gasteiger partial charge on any atom is -0.497 e. The Morgan fingerprint density at radius 1 is 1.36 bits per heavy atom. The number of rotatable bonds is 5. The molecule has 1 aromatic heterocycles. The number of carbonyl (C=O) groups excluding carboxylic acids is 1. The van der Waals surface area contributed by atoms with E-state index in [4.69, 9.17) is 9.47 Å². The zero-order chi connectivity index (χ0) is 16.2. The van der Waals surface area contributed by atoms with Gasteiger partial charge >= 0.3 is 5.97 Å². The maximum absolute atomic E-state index is 11.8. The molecule has 0 unspecified atom stereocenters. The van der Waals surface area contributed by atoms with Crippen molar-refractivity contribution < 1.29 is 14.3 Å². The van der Waals surface area contributed by atoms with Gasteiger partial charge < -0.3 is 9.47 Å². The van der Waals surface area contributed by atoms with Crippen LogP contribution in [0.5, 0.6) is 5.75 Å². The fourth-order valence-electron chi connectivity index (χ4n) is 1.85. The highest BCUT2D eigenvalue weighted by Gasteiger charge is 2.17. The van der Waals surface area contributed by atoms with Gasteiger partial charge in [-0.25, -0.2) is 4.98 Å². The van der Waals surface area contributed by atoms with Crippen molar-refractivity contribution in [1.82, 2.24) is 9.55 Å². The number of carbonyl (C=O) groups is 1. The maximum atomic E-state index is 11.8. The minimum atomic E-state index is -0.472. The molecule has 22 heavy (non-hydrogen) atoms. The third kappa shape index (κ3) is 4.53. The molecular weight excluding hydrogens is 300 g/mol. The number of benzene rings is 1. The molecule has 0 atom stereocenters. The molecule has 2 rings (SSSR count).